The predicted molar refractivity (Wildman–Crippen MR) is 152 cm³/mol. The van der Waals surface area contributed by atoms with Crippen molar-refractivity contribution in [3.05, 3.63) is 112 Å². The van der Waals surface area contributed by atoms with Gasteiger partial charge in [0.2, 0.25) is 0 Å². The molecular weight excluding hydrogens is 492 g/mol. The van der Waals surface area contributed by atoms with E-state index in [-0.39, 0.29) is 18.0 Å². The first-order chi connectivity index (χ1) is 18.3. The summed E-state index contributed by atoms with van der Waals surface area (Å²) < 4.78 is 0. The number of halogens is 1. The lowest BCUT2D eigenvalue weighted by atomic mass is 9.79. The zero-order chi connectivity index (χ0) is 27.1. The number of benzene rings is 3. The molecule has 0 radical (unpaired) electrons. The summed E-state index contributed by atoms with van der Waals surface area (Å²) in [5.41, 5.74) is 4.13. The maximum Gasteiger partial charge on any atom is 0.125 e. The van der Waals surface area contributed by atoms with E-state index in [1.807, 2.05) is 86.6 Å². The van der Waals surface area contributed by atoms with Gasteiger partial charge in [0.25, 0.3) is 0 Å². The molecule has 0 aliphatic rings. The van der Waals surface area contributed by atoms with Crippen molar-refractivity contribution in [1.29, 1.82) is 10.5 Å². The van der Waals surface area contributed by atoms with Gasteiger partial charge in [-0.2, -0.15) is 15.6 Å². The number of anilines is 2. The topological polar surface area (TPSA) is 100 Å². The molecule has 0 fully saturated rings. The molecule has 38 heavy (non-hydrogen) atoms. The maximum absolute atomic E-state index is 10.1. The van der Waals surface area contributed by atoms with Crippen molar-refractivity contribution in [3.63, 3.8) is 0 Å². The number of nitriles is 2. The number of nitrogens with zero attached hydrogens (tertiary/aromatic N) is 3. The Labute approximate surface area is 229 Å². The largest absolute Gasteiger partial charge is 0.341 e. The van der Waals surface area contributed by atoms with Crippen LogP contribution >= 0.6 is 11.6 Å². The third-order valence-electron chi connectivity index (χ3n) is 6.88. The van der Waals surface area contributed by atoms with Crippen LogP contribution in [0.2, 0.25) is 5.02 Å². The number of nitrogens with one attached hydrogen (secondary N) is 3. The summed E-state index contributed by atoms with van der Waals surface area (Å²) in [7, 11) is 0. The Kier molecular flexibility index (Phi) is 8.48. The molecule has 0 aliphatic heterocycles. The van der Waals surface area contributed by atoms with Gasteiger partial charge in [0, 0.05) is 28.7 Å². The van der Waals surface area contributed by atoms with E-state index < -0.39 is 5.41 Å². The molecule has 1 unspecified atom stereocenters. The summed E-state index contributed by atoms with van der Waals surface area (Å²) in [5, 5.41) is 34.2. The van der Waals surface area contributed by atoms with Crippen LogP contribution < -0.4 is 10.6 Å². The average Bonchev–Trinajstić information content (AvgIpc) is 3.45. The lowest BCUT2D eigenvalue weighted by molar-refractivity contribution is 0.281. The lowest BCUT2D eigenvalue weighted by Gasteiger charge is -2.36. The van der Waals surface area contributed by atoms with Crippen LogP contribution in [-0.4, -0.2) is 16.2 Å². The Bertz CT molecular complexity index is 1410. The highest BCUT2D eigenvalue weighted by Gasteiger charge is 2.34. The van der Waals surface area contributed by atoms with Crippen molar-refractivity contribution in [3.8, 4) is 12.1 Å². The van der Waals surface area contributed by atoms with E-state index in [2.05, 4.69) is 46.0 Å². The van der Waals surface area contributed by atoms with Crippen molar-refractivity contribution in [2.75, 3.05) is 5.32 Å². The highest BCUT2D eigenvalue weighted by Crippen LogP contribution is 2.36. The molecule has 1 aromatic heterocycles. The van der Waals surface area contributed by atoms with Crippen LogP contribution in [0.3, 0.4) is 0 Å². The molecule has 4 aromatic rings. The molecule has 0 bridgehead atoms. The molecule has 0 saturated carbocycles. The van der Waals surface area contributed by atoms with Gasteiger partial charge >= 0.3 is 0 Å². The summed E-state index contributed by atoms with van der Waals surface area (Å²) in [4.78, 5) is 0. The van der Waals surface area contributed by atoms with E-state index in [1.165, 1.54) is 0 Å². The molecular formula is C31H31ClN6. The summed E-state index contributed by atoms with van der Waals surface area (Å²) in [6.45, 7) is 6.06. The molecule has 7 heteroatoms. The van der Waals surface area contributed by atoms with Crippen LogP contribution in [0.15, 0.2) is 85.1 Å². The number of hydrogen-bond donors (Lipinski definition) is 3. The third kappa shape index (κ3) is 6.61. The Morgan fingerprint density at radius 3 is 2.34 bits per heavy atom. The highest BCUT2D eigenvalue weighted by atomic mass is 35.5. The van der Waals surface area contributed by atoms with Crippen molar-refractivity contribution in [2.24, 2.45) is 5.41 Å². The van der Waals surface area contributed by atoms with E-state index in [4.69, 9.17) is 11.6 Å². The second-order valence-corrected chi connectivity index (χ2v) is 10.5. The molecule has 0 spiro atoms. The van der Waals surface area contributed by atoms with E-state index in [1.54, 1.807) is 6.20 Å². The summed E-state index contributed by atoms with van der Waals surface area (Å²) in [6, 6.07) is 30.1. The summed E-state index contributed by atoms with van der Waals surface area (Å²) in [5.74, 6) is 0.867. The fourth-order valence-corrected chi connectivity index (χ4v) is 4.83. The highest BCUT2D eigenvalue weighted by molar-refractivity contribution is 6.30. The SMILES string of the molecule is C[C@H](NC(c1ccc(Nc2ccn[nH]2)cc1)C(C)(C)C#N)[C@@H](Cc1ccc(Cl)cc1)c1cccc(C#N)c1. The molecule has 192 valence electrons. The minimum absolute atomic E-state index is 0.0139. The van der Waals surface area contributed by atoms with Gasteiger partial charge in [-0.3, -0.25) is 5.10 Å². The standard InChI is InChI=1S/C31H31ClN6/c1-21(28(18-22-7-11-26(32)12-8-22)25-6-4-5-23(17-25)19-33)36-30(31(2,3)20-34)24-9-13-27(14-10-24)37-29-15-16-35-38-29/h4-17,21,28,30,36H,18H2,1-3H3,(H2,35,37,38)/t21-,28+,30?/m0/s1. The van der Waals surface area contributed by atoms with Gasteiger partial charge in [0.15, 0.2) is 0 Å². The molecule has 0 amide bonds. The molecule has 3 N–H and O–H groups in total. The second-order valence-electron chi connectivity index (χ2n) is 10.1. The first-order valence-electron chi connectivity index (χ1n) is 12.6. The minimum Gasteiger partial charge on any atom is -0.341 e. The molecule has 0 aliphatic carbocycles. The van der Waals surface area contributed by atoms with Gasteiger partial charge in [-0.25, -0.2) is 0 Å². The Morgan fingerprint density at radius 1 is 0.974 bits per heavy atom. The van der Waals surface area contributed by atoms with Crippen molar-refractivity contribution >= 4 is 23.1 Å². The molecule has 1 heterocycles. The molecule has 4 rings (SSSR count). The van der Waals surface area contributed by atoms with Crippen LogP contribution in [0.5, 0.6) is 0 Å². The number of aromatic nitrogens is 2. The Balaban J connectivity index is 1.63. The second kappa shape index (κ2) is 12.0. The zero-order valence-electron chi connectivity index (χ0n) is 21.7. The quantitative estimate of drug-likeness (QED) is 0.203. The monoisotopic (exact) mass is 522 g/mol. The number of H-pyrrole nitrogens is 1. The smallest absolute Gasteiger partial charge is 0.125 e. The average molecular weight is 523 g/mol. The van der Waals surface area contributed by atoms with Gasteiger partial charge in [0.05, 0.1) is 35.4 Å². The summed E-state index contributed by atoms with van der Waals surface area (Å²) >= 11 is 6.13. The van der Waals surface area contributed by atoms with E-state index in [9.17, 15) is 10.5 Å². The van der Waals surface area contributed by atoms with Crippen molar-refractivity contribution < 1.29 is 0 Å². The van der Waals surface area contributed by atoms with E-state index >= 15 is 0 Å². The van der Waals surface area contributed by atoms with E-state index in [0.29, 0.717) is 10.6 Å². The maximum atomic E-state index is 10.1. The normalized spacial score (nSPS) is 13.6. The van der Waals surface area contributed by atoms with Crippen LogP contribution in [0, 0.1) is 28.1 Å². The van der Waals surface area contributed by atoms with Gasteiger partial charge in [-0.1, -0.05) is 48.0 Å². The Hall–Kier alpha value is -4.10. The fourth-order valence-electron chi connectivity index (χ4n) is 4.70. The third-order valence-corrected chi connectivity index (χ3v) is 7.13. The predicted octanol–water partition coefficient (Wildman–Crippen LogP) is 7.27. The molecule has 3 atom stereocenters. The molecule has 3 aromatic carbocycles. The van der Waals surface area contributed by atoms with Gasteiger partial charge in [-0.05, 0) is 80.3 Å². The van der Waals surface area contributed by atoms with Crippen molar-refractivity contribution in [1.82, 2.24) is 15.5 Å². The lowest BCUT2D eigenvalue weighted by Crippen LogP contribution is -2.42. The molecule has 0 saturated heterocycles. The minimum atomic E-state index is -0.675. The number of aromatic amines is 1. The number of hydrogen-bond acceptors (Lipinski definition) is 5. The molecule has 6 nitrogen and oxygen atoms in total. The van der Waals surface area contributed by atoms with Crippen LogP contribution in [0.1, 0.15) is 55.0 Å². The van der Waals surface area contributed by atoms with Gasteiger partial charge in [-0.15, -0.1) is 0 Å². The van der Waals surface area contributed by atoms with Crippen molar-refractivity contribution in [2.45, 2.75) is 45.2 Å². The van der Waals surface area contributed by atoms with Crippen LogP contribution in [0.4, 0.5) is 11.5 Å². The zero-order valence-corrected chi connectivity index (χ0v) is 22.5. The van der Waals surface area contributed by atoms with Gasteiger partial charge < -0.3 is 10.6 Å². The van der Waals surface area contributed by atoms with Crippen LogP contribution in [-0.2, 0) is 6.42 Å². The first kappa shape index (κ1) is 26.9. The Morgan fingerprint density at radius 2 is 1.71 bits per heavy atom. The summed E-state index contributed by atoms with van der Waals surface area (Å²) in [6.07, 6.45) is 2.45. The van der Waals surface area contributed by atoms with Gasteiger partial charge in [0.1, 0.15) is 5.82 Å². The van der Waals surface area contributed by atoms with Crippen LogP contribution in [0.25, 0.3) is 0 Å². The van der Waals surface area contributed by atoms with E-state index in [0.717, 1.165) is 34.6 Å². The first-order valence-corrected chi connectivity index (χ1v) is 12.9. The fraction of sp³-hybridized carbons (Fsp3) is 0.258. The number of rotatable bonds is 10.